The van der Waals surface area contributed by atoms with Crippen LogP contribution in [-0.2, 0) is 31.1 Å². The maximum atomic E-state index is 12.9. The number of hydrogen-bond acceptors (Lipinski definition) is 3. The van der Waals surface area contributed by atoms with Gasteiger partial charge < -0.3 is 15.5 Å². The number of nitrogens with one attached hydrogen (secondary N) is 2. The van der Waals surface area contributed by atoms with Crippen molar-refractivity contribution < 1.29 is 18.0 Å². The van der Waals surface area contributed by atoms with Gasteiger partial charge in [0.2, 0.25) is 5.91 Å². The maximum Gasteiger partial charge on any atom is 0.416 e. The van der Waals surface area contributed by atoms with E-state index in [0.29, 0.717) is 18.1 Å². The smallest absolute Gasteiger partial charge is 0.351 e. The van der Waals surface area contributed by atoms with Crippen LogP contribution in [0.15, 0.2) is 41.5 Å². The Labute approximate surface area is 161 Å². The molecule has 7 nitrogen and oxygen atoms in total. The average molecular weight is 396 g/mol. The van der Waals surface area contributed by atoms with Crippen molar-refractivity contribution in [1.82, 2.24) is 25.3 Å². The van der Waals surface area contributed by atoms with Crippen molar-refractivity contribution in [3.63, 3.8) is 0 Å². The van der Waals surface area contributed by atoms with E-state index >= 15 is 0 Å². The van der Waals surface area contributed by atoms with Crippen molar-refractivity contribution >= 4 is 11.9 Å². The molecule has 0 aliphatic rings. The Balaban J connectivity index is 2.10. The quantitative estimate of drug-likeness (QED) is 0.577. The summed E-state index contributed by atoms with van der Waals surface area (Å²) in [4.78, 5) is 17.5. The molecule has 0 atom stereocenters. The van der Waals surface area contributed by atoms with Gasteiger partial charge in [-0.25, -0.2) is 4.99 Å². The summed E-state index contributed by atoms with van der Waals surface area (Å²) in [5.74, 6) is 0.155. The first-order valence-corrected chi connectivity index (χ1v) is 8.52. The van der Waals surface area contributed by atoms with Crippen LogP contribution in [0.5, 0.6) is 0 Å². The van der Waals surface area contributed by atoms with Crippen LogP contribution in [0, 0.1) is 0 Å². The number of carbonyl (C=O) groups is 1. The lowest BCUT2D eigenvalue weighted by Gasteiger charge is -2.15. The van der Waals surface area contributed by atoms with Crippen LogP contribution in [0.2, 0.25) is 0 Å². The lowest BCUT2D eigenvalue weighted by molar-refractivity contribution is -0.137. The zero-order valence-corrected chi connectivity index (χ0v) is 15.9. The second-order valence-electron chi connectivity index (χ2n) is 6.30. The van der Waals surface area contributed by atoms with Crippen LogP contribution < -0.4 is 10.6 Å². The first kappa shape index (κ1) is 21.3. The summed E-state index contributed by atoms with van der Waals surface area (Å²) in [5, 5.41) is 10.0. The normalized spacial score (nSPS) is 12.0. The molecule has 2 rings (SSSR count). The molecule has 0 unspecified atom stereocenters. The van der Waals surface area contributed by atoms with Gasteiger partial charge in [-0.2, -0.15) is 18.3 Å². The van der Waals surface area contributed by atoms with Crippen LogP contribution in [0.1, 0.15) is 16.8 Å². The molecule has 0 saturated heterocycles. The average Bonchev–Trinajstić information content (AvgIpc) is 3.05. The van der Waals surface area contributed by atoms with Gasteiger partial charge in [-0.15, -0.1) is 0 Å². The number of carbonyl (C=O) groups excluding carboxylic acids is 1. The van der Waals surface area contributed by atoms with Gasteiger partial charge in [0, 0.05) is 27.3 Å². The van der Waals surface area contributed by atoms with Gasteiger partial charge in [-0.05, 0) is 23.8 Å². The zero-order valence-electron chi connectivity index (χ0n) is 15.9. The number of guanidine groups is 1. The molecule has 0 radical (unpaired) electrons. The first-order chi connectivity index (χ1) is 13.2. The largest absolute Gasteiger partial charge is 0.416 e. The van der Waals surface area contributed by atoms with Crippen LogP contribution in [0.3, 0.4) is 0 Å². The predicted octanol–water partition coefficient (Wildman–Crippen LogP) is 1.76. The molecule has 1 aromatic carbocycles. The molecule has 10 heteroatoms. The Kier molecular flexibility index (Phi) is 7.02. The second-order valence-corrected chi connectivity index (χ2v) is 6.30. The predicted molar refractivity (Wildman–Crippen MR) is 99.3 cm³/mol. The summed E-state index contributed by atoms with van der Waals surface area (Å²) in [7, 11) is 5.05. The van der Waals surface area contributed by atoms with Crippen LogP contribution in [-0.4, -0.2) is 47.2 Å². The molecule has 1 heterocycles. The molecule has 0 spiro atoms. The van der Waals surface area contributed by atoms with E-state index in [4.69, 9.17) is 0 Å². The van der Waals surface area contributed by atoms with Crippen molar-refractivity contribution in [2.24, 2.45) is 12.0 Å². The van der Waals surface area contributed by atoms with Gasteiger partial charge in [0.05, 0.1) is 30.9 Å². The second kappa shape index (κ2) is 9.25. The topological polar surface area (TPSA) is 74.6 Å². The zero-order chi connectivity index (χ0) is 20.7. The number of alkyl halides is 3. The van der Waals surface area contributed by atoms with Crippen molar-refractivity contribution in [3.8, 4) is 0 Å². The Hall–Kier alpha value is -3.04. The summed E-state index contributed by atoms with van der Waals surface area (Å²) in [6.07, 6.45) is -2.75. The summed E-state index contributed by atoms with van der Waals surface area (Å²) >= 11 is 0. The summed E-state index contributed by atoms with van der Waals surface area (Å²) < 4.78 is 40.3. The fraction of sp³-hybridized carbons (Fsp3) is 0.389. The number of aryl methyl sites for hydroxylation is 1. The molecule has 2 N–H and O–H groups in total. The number of benzene rings is 1. The van der Waals surface area contributed by atoms with E-state index in [0.717, 1.165) is 17.8 Å². The molecule has 1 aromatic heterocycles. The molecular formula is C18H23F3N6O. The molecule has 0 fully saturated rings. The number of aromatic nitrogens is 2. The summed E-state index contributed by atoms with van der Waals surface area (Å²) in [6, 6.07) is 6.82. The van der Waals surface area contributed by atoms with Gasteiger partial charge in [0.25, 0.3) is 0 Å². The van der Waals surface area contributed by atoms with Crippen LogP contribution in [0.4, 0.5) is 13.2 Å². The molecule has 1 amide bonds. The molecule has 0 saturated carbocycles. The minimum atomic E-state index is -4.41. The minimum absolute atomic E-state index is 0.00676. The van der Waals surface area contributed by atoms with Crippen LogP contribution >= 0.6 is 0 Å². The standard InChI is InChI=1S/C18H23F3N6O/c1-26(2)16(28)12-24-17(23-11-15-7-8-25-27(15)3)22-10-13-5-4-6-14(9-13)18(19,20)21/h4-9H,10-12H2,1-3H3,(H2,22,23,24). The molecule has 0 bridgehead atoms. The van der Waals surface area contributed by atoms with Gasteiger partial charge in [0.1, 0.15) is 0 Å². The Morgan fingerprint density at radius 1 is 1.25 bits per heavy atom. The van der Waals surface area contributed by atoms with E-state index in [2.05, 4.69) is 20.7 Å². The third-order valence-electron chi connectivity index (χ3n) is 3.94. The maximum absolute atomic E-state index is 12.9. The van der Waals surface area contributed by atoms with E-state index in [1.165, 1.54) is 11.0 Å². The number of halogens is 3. The number of likely N-dealkylation sites (N-methyl/N-ethyl adjacent to an activating group) is 1. The van der Waals surface area contributed by atoms with E-state index in [-0.39, 0.29) is 19.0 Å². The van der Waals surface area contributed by atoms with Crippen molar-refractivity contribution in [1.29, 1.82) is 0 Å². The highest BCUT2D eigenvalue weighted by Crippen LogP contribution is 2.29. The van der Waals surface area contributed by atoms with Crippen molar-refractivity contribution in [2.75, 3.05) is 20.6 Å². The van der Waals surface area contributed by atoms with E-state index in [1.54, 1.807) is 38.1 Å². The number of nitrogens with zero attached hydrogens (tertiary/aromatic N) is 4. The van der Waals surface area contributed by atoms with Crippen molar-refractivity contribution in [2.45, 2.75) is 19.3 Å². The number of hydrogen-bond donors (Lipinski definition) is 2. The van der Waals surface area contributed by atoms with Gasteiger partial charge >= 0.3 is 6.18 Å². The van der Waals surface area contributed by atoms with Gasteiger partial charge in [-0.3, -0.25) is 9.48 Å². The highest BCUT2D eigenvalue weighted by atomic mass is 19.4. The molecule has 152 valence electrons. The lowest BCUT2D eigenvalue weighted by Crippen LogP contribution is -2.42. The summed E-state index contributed by atoms with van der Waals surface area (Å²) in [6.45, 7) is 0.425. The van der Waals surface area contributed by atoms with Crippen molar-refractivity contribution in [3.05, 3.63) is 53.3 Å². The monoisotopic (exact) mass is 396 g/mol. The fourth-order valence-corrected chi connectivity index (χ4v) is 2.26. The number of aliphatic imine (C=N–C) groups is 1. The molecule has 0 aliphatic heterocycles. The molecule has 0 aliphatic carbocycles. The van der Waals surface area contributed by atoms with Gasteiger partial charge in [0.15, 0.2) is 5.96 Å². The SMILES string of the molecule is CN(C)C(=O)CNC(=NCc1cccc(C(F)(F)F)c1)NCc1ccnn1C. The first-order valence-electron chi connectivity index (χ1n) is 8.52. The minimum Gasteiger partial charge on any atom is -0.351 e. The molecule has 2 aromatic rings. The van der Waals surface area contributed by atoms with Gasteiger partial charge in [-0.1, -0.05) is 12.1 Å². The third kappa shape index (κ3) is 6.29. The Morgan fingerprint density at radius 3 is 2.61 bits per heavy atom. The lowest BCUT2D eigenvalue weighted by atomic mass is 10.1. The highest BCUT2D eigenvalue weighted by molar-refractivity contribution is 5.86. The fourth-order valence-electron chi connectivity index (χ4n) is 2.26. The molecular weight excluding hydrogens is 373 g/mol. The number of rotatable bonds is 6. The Morgan fingerprint density at radius 2 is 2.00 bits per heavy atom. The van der Waals surface area contributed by atoms with E-state index in [1.807, 2.05) is 6.07 Å². The van der Waals surface area contributed by atoms with Crippen LogP contribution in [0.25, 0.3) is 0 Å². The highest BCUT2D eigenvalue weighted by Gasteiger charge is 2.30. The van der Waals surface area contributed by atoms with E-state index < -0.39 is 11.7 Å². The number of amides is 1. The Bertz CT molecular complexity index is 829. The molecule has 28 heavy (non-hydrogen) atoms. The van der Waals surface area contributed by atoms with E-state index in [9.17, 15) is 18.0 Å². The third-order valence-corrected chi connectivity index (χ3v) is 3.94. The summed E-state index contributed by atoms with van der Waals surface area (Å²) in [5.41, 5.74) is 0.572.